The number of barbiturate groups is 1. The van der Waals surface area contributed by atoms with Crippen molar-refractivity contribution >= 4 is 33.8 Å². The Morgan fingerprint density at radius 1 is 1.24 bits per heavy atom. The second-order valence-corrected chi connectivity index (χ2v) is 5.24. The smallest absolute Gasteiger partial charge is 0.277 e. The number of nitrogens with one attached hydrogen (secondary N) is 1. The number of benzene rings is 1. The summed E-state index contributed by atoms with van der Waals surface area (Å²) in [6.07, 6.45) is -4.74. The highest BCUT2D eigenvalue weighted by Gasteiger charge is 2.45. The number of nitrogens with zero attached hydrogens (tertiary/aromatic N) is 1. The molecular weight excluding hydrogens is 357 g/mol. The summed E-state index contributed by atoms with van der Waals surface area (Å²) < 4.78 is 37.8. The molecule has 1 aromatic carbocycles. The lowest BCUT2D eigenvalue weighted by Gasteiger charge is -2.30. The molecule has 1 atom stereocenters. The van der Waals surface area contributed by atoms with Gasteiger partial charge in [-0.05, 0) is 17.7 Å². The molecule has 0 aliphatic carbocycles. The minimum Gasteiger partial charge on any atom is -0.277 e. The van der Waals surface area contributed by atoms with E-state index < -0.39 is 36.5 Å². The molecule has 5 nitrogen and oxygen atoms in total. The van der Waals surface area contributed by atoms with Gasteiger partial charge in [-0.1, -0.05) is 28.1 Å². The zero-order valence-electron chi connectivity index (χ0n) is 10.3. The fourth-order valence-electron chi connectivity index (χ4n) is 1.92. The second-order valence-electron chi connectivity index (χ2n) is 4.32. The van der Waals surface area contributed by atoms with Crippen LogP contribution < -0.4 is 5.32 Å². The van der Waals surface area contributed by atoms with Crippen LogP contribution in [0.25, 0.3) is 0 Å². The van der Waals surface area contributed by atoms with Gasteiger partial charge in [-0.3, -0.25) is 19.8 Å². The van der Waals surface area contributed by atoms with Crippen LogP contribution in [0.5, 0.6) is 0 Å². The average molecular weight is 365 g/mol. The van der Waals surface area contributed by atoms with Crippen LogP contribution in [-0.2, 0) is 9.59 Å². The lowest BCUT2D eigenvalue weighted by Crippen LogP contribution is -2.58. The molecule has 1 unspecified atom stereocenters. The summed E-state index contributed by atoms with van der Waals surface area (Å²) in [5, 5.41) is 1.76. The van der Waals surface area contributed by atoms with E-state index in [1.165, 1.54) is 18.2 Å². The van der Waals surface area contributed by atoms with Crippen molar-refractivity contribution in [1.82, 2.24) is 10.2 Å². The van der Waals surface area contributed by atoms with Crippen LogP contribution in [0.15, 0.2) is 28.7 Å². The molecule has 2 rings (SSSR count). The first-order chi connectivity index (χ1) is 9.69. The molecule has 0 bridgehead atoms. The molecule has 1 aromatic rings. The number of hydrogen-bond donors (Lipinski definition) is 1. The molecule has 0 aromatic heterocycles. The lowest BCUT2D eigenvalue weighted by molar-refractivity contribution is -0.159. The first-order valence-corrected chi connectivity index (χ1v) is 6.47. The average Bonchev–Trinajstić information content (AvgIpc) is 2.33. The van der Waals surface area contributed by atoms with Gasteiger partial charge in [0.15, 0.2) is 0 Å². The maximum absolute atomic E-state index is 12.4. The van der Waals surface area contributed by atoms with Gasteiger partial charge in [0.25, 0.3) is 0 Å². The molecule has 0 saturated carbocycles. The molecule has 1 fully saturated rings. The number of halogens is 4. The van der Waals surface area contributed by atoms with Crippen LogP contribution in [0, 0.1) is 0 Å². The fraction of sp³-hybridized carbons (Fsp3) is 0.250. The Hall–Kier alpha value is -1.90. The Morgan fingerprint density at radius 3 is 2.48 bits per heavy atom. The van der Waals surface area contributed by atoms with Crippen LogP contribution in [0.1, 0.15) is 11.5 Å². The van der Waals surface area contributed by atoms with Crippen LogP contribution in [0.3, 0.4) is 0 Å². The van der Waals surface area contributed by atoms with Crippen molar-refractivity contribution in [3.05, 3.63) is 34.3 Å². The van der Waals surface area contributed by atoms with Crippen molar-refractivity contribution in [1.29, 1.82) is 0 Å². The van der Waals surface area contributed by atoms with Crippen molar-refractivity contribution < 1.29 is 27.6 Å². The number of imide groups is 2. The first kappa shape index (κ1) is 15.5. The molecule has 9 heteroatoms. The summed E-state index contributed by atoms with van der Waals surface area (Å²) in [5.74, 6) is -3.62. The highest BCUT2D eigenvalue weighted by Crippen LogP contribution is 2.27. The number of carbonyl (C=O) groups is 3. The topological polar surface area (TPSA) is 66.5 Å². The van der Waals surface area contributed by atoms with E-state index in [1.54, 1.807) is 11.4 Å². The Bertz CT molecular complexity index is 618. The molecule has 1 heterocycles. The summed E-state index contributed by atoms with van der Waals surface area (Å²) >= 11 is 3.14. The molecule has 4 amide bonds. The Kier molecular flexibility index (Phi) is 4.04. The SMILES string of the molecule is O=C1NC(=O)N(CC(F)(F)F)C(=O)C1c1cccc(Br)c1. The normalized spacial score (nSPS) is 19.7. The minimum absolute atomic E-state index is 0.00697. The Labute approximate surface area is 125 Å². The van der Waals surface area contributed by atoms with Gasteiger partial charge >= 0.3 is 12.2 Å². The van der Waals surface area contributed by atoms with E-state index in [1.807, 2.05) is 0 Å². The molecule has 112 valence electrons. The van der Waals surface area contributed by atoms with Gasteiger partial charge < -0.3 is 0 Å². The van der Waals surface area contributed by atoms with E-state index in [0.29, 0.717) is 4.47 Å². The third kappa shape index (κ3) is 3.41. The molecule has 0 spiro atoms. The molecular formula is C12H8BrF3N2O3. The summed E-state index contributed by atoms with van der Waals surface area (Å²) in [5.41, 5.74) is 0.201. The van der Waals surface area contributed by atoms with Gasteiger partial charge in [-0.25, -0.2) is 4.79 Å². The van der Waals surface area contributed by atoms with E-state index in [0.717, 1.165) is 0 Å². The zero-order chi connectivity index (χ0) is 15.8. The molecule has 1 aliphatic rings. The predicted molar refractivity (Wildman–Crippen MR) is 68.2 cm³/mol. The van der Waals surface area contributed by atoms with Gasteiger partial charge in [-0.2, -0.15) is 13.2 Å². The minimum atomic E-state index is -4.74. The summed E-state index contributed by atoms with van der Waals surface area (Å²) in [7, 11) is 0. The molecule has 1 aliphatic heterocycles. The van der Waals surface area contributed by atoms with Crippen LogP contribution in [0.2, 0.25) is 0 Å². The zero-order valence-corrected chi connectivity index (χ0v) is 11.9. The van der Waals surface area contributed by atoms with Crippen molar-refractivity contribution in [2.45, 2.75) is 12.1 Å². The first-order valence-electron chi connectivity index (χ1n) is 5.67. The quantitative estimate of drug-likeness (QED) is 0.817. The maximum atomic E-state index is 12.4. The second kappa shape index (κ2) is 5.47. The standard InChI is InChI=1S/C12H8BrF3N2O3/c13-7-3-1-2-6(4-7)8-9(19)17-11(21)18(10(8)20)5-12(14,15)16/h1-4,8H,5H2,(H,17,19,21). The van der Waals surface area contributed by atoms with Crippen LogP contribution >= 0.6 is 15.9 Å². The van der Waals surface area contributed by atoms with E-state index in [9.17, 15) is 27.6 Å². The third-order valence-electron chi connectivity index (χ3n) is 2.77. The van der Waals surface area contributed by atoms with Crippen LogP contribution in [-0.4, -0.2) is 35.5 Å². The van der Waals surface area contributed by atoms with E-state index in [4.69, 9.17) is 0 Å². The van der Waals surface area contributed by atoms with Gasteiger partial charge in [-0.15, -0.1) is 0 Å². The highest BCUT2D eigenvalue weighted by atomic mass is 79.9. The summed E-state index contributed by atoms with van der Waals surface area (Å²) in [4.78, 5) is 35.2. The summed E-state index contributed by atoms with van der Waals surface area (Å²) in [6, 6.07) is 4.66. The van der Waals surface area contributed by atoms with Gasteiger partial charge in [0.05, 0.1) is 0 Å². The van der Waals surface area contributed by atoms with Gasteiger partial charge in [0.1, 0.15) is 12.5 Å². The largest absolute Gasteiger partial charge is 0.406 e. The third-order valence-corrected chi connectivity index (χ3v) is 3.26. The number of rotatable bonds is 2. The van der Waals surface area contributed by atoms with Gasteiger partial charge in [0, 0.05) is 4.47 Å². The highest BCUT2D eigenvalue weighted by molar-refractivity contribution is 9.10. The number of hydrogen-bond acceptors (Lipinski definition) is 3. The van der Waals surface area contributed by atoms with E-state index in [2.05, 4.69) is 15.9 Å². The van der Waals surface area contributed by atoms with E-state index >= 15 is 0 Å². The molecule has 21 heavy (non-hydrogen) atoms. The lowest BCUT2D eigenvalue weighted by atomic mass is 9.95. The molecule has 0 radical (unpaired) electrons. The van der Waals surface area contributed by atoms with Crippen molar-refractivity contribution in [3.8, 4) is 0 Å². The molecule has 1 saturated heterocycles. The number of urea groups is 1. The number of amides is 4. The van der Waals surface area contributed by atoms with Gasteiger partial charge in [0.2, 0.25) is 11.8 Å². The fourth-order valence-corrected chi connectivity index (χ4v) is 2.34. The maximum Gasteiger partial charge on any atom is 0.406 e. The predicted octanol–water partition coefficient (Wildman–Crippen LogP) is 2.17. The summed E-state index contributed by atoms with van der Waals surface area (Å²) in [6.45, 7) is -1.74. The number of alkyl halides is 3. The van der Waals surface area contributed by atoms with Crippen molar-refractivity contribution in [3.63, 3.8) is 0 Å². The van der Waals surface area contributed by atoms with Crippen molar-refractivity contribution in [2.75, 3.05) is 6.54 Å². The van der Waals surface area contributed by atoms with Crippen molar-refractivity contribution in [2.24, 2.45) is 0 Å². The van der Waals surface area contributed by atoms with E-state index in [-0.39, 0.29) is 10.5 Å². The van der Waals surface area contributed by atoms with Crippen LogP contribution in [0.4, 0.5) is 18.0 Å². The monoisotopic (exact) mass is 364 g/mol. The Morgan fingerprint density at radius 2 is 1.90 bits per heavy atom. The molecule has 1 N–H and O–H groups in total. The Balaban J connectivity index is 2.35. The number of carbonyl (C=O) groups excluding carboxylic acids is 3.